The van der Waals surface area contributed by atoms with Crippen LogP contribution in [-0.2, 0) is 11.3 Å². The molecule has 0 unspecified atom stereocenters. The molecular formula is C21H28N4O. The normalized spacial score (nSPS) is 19.1. The Morgan fingerprint density at radius 2 is 1.96 bits per heavy atom. The number of anilines is 1. The highest BCUT2D eigenvalue weighted by molar-refractivity contribution is 5.90. The average molecular weight is 352 g/mol. The van der Waals surface area contributed by atoms with Gasteiger partial charge in [-0.1, -0.05) is 19.1 Å². The van der Waals surface area contributed by atoms with Gasteiger partial charge in [-0.15, -0.1) is 12.3 Å². The number of amides is 1. The first kappa shape index (κ1) is 18.6. The van der Waals surface area contributed by atoms with E-state index in [1.54, 1.807) is 0 Å². The number of piperidine rings is 1. The molecular weight excluding hydrogens is 324 g/mol. The summed E-state index contributed by atoms with van der Waals surface area (Å²) in [5.74, 6) is 3.46. The molecule has 138 valence electrons. The van der Waals surface area contributed by atoms with Crippen LogP contribution in [0.3, 0.4) is 0 Å². The number of hydrogen-bond donors (Lipinski definition) is 1. The van der Waals surface area contributed by atoms with Crippen LogP contribution in [0.5, 0.6) is 0 Å². The van der Waals surface area contributed by atoms with Crippen LogP contribution in [0.4, 0.5) is 5.69 Å². The summed E-state index contributed by atoms with van der Waals surface area (Å²) in [6, 6.07) is 8.18. The lowest BCUT2D eigenvalue weighted by molar-refractivity contribution is -0.116. The number of benzene rings is 1. The molecule has 2 heterocycles. The van der Waals surface area contributed by atoms with E-state index in [4.69, 9.17) is 6.42 Å². The van der Waals surface area contributed by atoms with Crippen LogP contribution < -0.4 is 5.32 Å². The molecule has 1 N–H and O–H groups in total. The maximum atomic E-state index is 12.2. The van der Waals surface area contributed by atoms with E-state index in [-0.39, 0.29) is 11.6 Å². The van der Waals surface area contributed by atoms with Gasteiger partial charge in [0, 0.05) is 37.9 Å². The Kier molecular flexibility index (Phi) is 6.05. The largest absolute Gasteiger partial charge is 0.326 e. The van der Waals surface area contributed by atoms with Crippen LogP contribution in [-0.4, -0.2) is 29.6 Å². The van der Waals surface area contributed by atoms with Crippen LogP contribution in [0.2, 0.25) is 0 Å². The van der Waals surface area contributed by atoms with Crippen molar-refractivity contribution in [3.05, 3.63) is 29.8 Å². The number of hydrogen-bond acceptors (Lipinski definition) is 4. The number of carbonyl (C=O) groups is 1. The smallest absolute Gasteiger partial charge is 0.224 e. The summed E-state index contributed by atoms with van der Waals surface area (Å²) in [7, 11) is 0. The Balaban J connectivity index is 1.41. The molecule has 1 aromatic carbocycles. The van der Waals surface area contributed by atoms with Gasteiger partial charge in [0.05, 0.1) is 0 Å². The molecule has 0 radical (unpaired) electrons. The summed E-state index contributed by atoms with van der Waals surface area (Å²) in [4.78, 5) is 14.7. The van der Waals surface area contributed by atoms with Crippen molar-refractivity contribution in [3.63, 3.8) is 0 Å². The molecule has 1 saturated heterocycles. The monoisotopic (exact) mass is 352 g/mol. The molecule has 1 fully saturated rings. The van der Waals surface area contributed by atoms with Gasteiger partial charge in [-0.3, -0.25) is 9.69 Å². The molecule has 0 saturated carbocycles. The first-order valence-corrected chi connectivity index (χ1v) is 9.57. The molecule has 0 aromatic heterocycles. The fourth-order valence-electron chi connectivity index (χ4n) is 3.38. The lowest BCUT2D eigenvalue weighted by Gasteiger charge is -2.30. The van der Waals surface area contributed by atoms with Gasteiger partial charge in [0.25, 0.3) is 0 Å². The molecule has 3 rings (SSSR count). The van der Waals surface area contributed by atoms with E-state index in [0.717, 1.165) is 24.6 Å². The maximum absolute atomic E-state index is 12.2. The van der Waals surface area contributed by atoms with Gasteiger partial charge in [0.15, 0.2) is 5.66 Å². The van der Waals surface area contributed by atoms with Crippen LogP contribution in [0, 0.1) is 18.3 Å². The Morgan fingerprint density at radius 3 is 2.58 bits per heavy atom. The van der Waals surface area contributed by atoms with Crippen LogP contribution >= 0.6 is 0 Å². The third-order valence-corrected chi connectivity index (χ3v) is 5.33. The van der Waals surface area contributed by atoms with Gasteiger partial charge >= 0.3 is 0 Å². The fraction of sp³-hybridized carbons (Fsp3) is 0.571. The summed E-state index contributed by atoms with van der Waals surface area (Å²) < 4.78 is 0. The van der Waals surface area contributed by atoms with Gasteiger partial charge in [-0.05, 0) is 49.5 Å². The summed E-state index contributed by atoms with van der Waals surface area (Å²) in [5, 5.41) is 11.1. The lowest BCUT2D eigenvalue weighted by Crippen LogP contribution is -2.32. The zero-order valence-corrected chi connectivity index (χ0v) is 15.6. The maximum Gasteiger partial charge on any atom is 0.224 e. The number of likely N-dealkylation sites (tertiary alicyclic amines) is 1. The molecule has 0 spiro atoms. The van der Waals surface area contributed by atoms with E-state index < -0.39 is 0 Å². The molecule has 1 amide bonds. The Bertz CT molecular complexity index is 675. The first-order valence-electron chi connectivity index (χ1n) is 9.57. The minimum absolute atomic E-state index is 0.000140. The molecule has 2 aliphatic rings. The molecule has 5 heteroatoms. The van der Waals surface area contributed by atoms with Crippen molar-refractivity contribution in [3.8, 4) is 12.3 Å². The third kappa shape index (κ3) is 5.40. The fourth-order valence-corrected chi connectivity index (χ4v) is 3.38. The van der Waals surface area contributed by atoms with Gasteiger partial charge in [-0.25, -0.2) is 0 Å². The Morgan fingerprint density at radius 1 is 1.27 bits per heavy atom. The zero-order valence-electron chi connectivity index (χ0n) is 15.6. The summed E-state index contributed by atoms with van der Waals surface area (Å²) in [6.45, 7) is 5.67. The van der Waals surface area contributed by atoms with E-state index in [1.165, 1.54) is 31.5 Å². The highest BCUT2D eigenvalue weighted by Crippen LogP contribution is 2.37. The van der Waals surface area contributed by atoms with Crippen molar-refractivity contribution in [2.75, 3.05) is 18.4 Å². The minimum atomic E-state index is -0.389. The van der Waals surface area contributed by atoms with Crippen molar-refractivity contribution >= 4 is 11.6 Å². The predicted molar refractivity (Wildman–Crippen MR) is 104 cm³/mol. The van der Waals surface area contributed by atoms with Crippen molar-refractivity contribution in [2.24, 2.45) is 16.1 Å². The topological polar surface area (TPSA) is 57.1 Å². The number of nitrogens with zero attached hydrogens (tertiary/aromatic N) is 3. The Hall–Kier alpha value is -2.19. The first-order chi connectivity index (χ1) is 12.6. The van der Waals surface area contributed by atoms with Crippen molar-refractivity contribution in [1.82, 2.24) is 4.90 Å². The molecule has 5 nitrogen and oxygen atoms in total. The molecule has 26 heavy (non-hydrogen) atoms. The van der Waals surface area contributed by atoms with E-state index in [9.17, 15) is 4.79 Å². The van der Waals surface area contributed by atoms with Crippen molar-refractivity contribution < 1.29 is 4.79 Å². The third-order valence-electron chi connectivity index (χ3n) is 5.33. The van der Waals surface area contributed by atoms with Gasteiger partial charge in [0.1, 0.15) is 0 Å². The van der Waals surface area contributed by atoms with Crippen molar-refractivity contribution in [1.29, 1.82) is 0 Å². The quantitative estimate of drug-likeness (QED) is 0.713. The summed E-state index contributed by atoms with van der Waals surface area (Å²) >= 11 is 0. The van der Waals surface area contributed by atoms with Gasteiger partial charge in [0.2, 0.25) is 5.91 Å². The summed E-state index contributed by atoms with van der Waals surface area (Å²) in [6.07, 6.45) is 10.3. The van der Waals surface area contributed by atoms with Crippen LogP contribution in [0.15, 0.2) is 34.5 Å². The average Bonchev–Trinajstić information content (AvgIpc) is 3.42. The lowest BCUT2D eigenvalue weighted by atomic mass is 9.99. The molecule has 0 atom stereocenters. The van der Waals surface area contributed by atoms with E-state index >= 15 is 0 Å². The van der Waals surface area contributed by atoms with Gasteiger partial charge in [-0.2, -0.15) is 10.2 Å². The second-order valence-corrected chi connectivity index (χ2v) is 7.59. The van der Waals surface area contributed by atoms with E-state index in [2.05, 4.69) is 45.4 Å². The number of carbonyl (C=O) groups excluding carboxylic acids is 1. The number of nitrogens with one attached hydrogen (secondary N) is 1. The number of rotatable bonds is 8. The van der Waals surface area contributed by atoms with Crippen molar-refractivity contribution in [2.45, 2.75) is 57.7 Å². The SMILES string of the molecule is C#CCCC1(CCC(=O)Nc2ccc(CN3CCC(C)CC3)cc2)N=N1. The Labute approximate surface area is 156 Å². The van der Waals surface area contributed by atoms with E-state index in [0.29, 0.717) is 19.3 Å². The summed E-state index contributed by atoms with van der Waals surface area (Å²) in [5.41, 5.74) is 1.74. The minimum Gasteiger partial charge on any atom is -0.326 e. The second-order valence-electron chi connectivity index (χ2n) is 7.59. The molecule has 2 aliphatic heterocycles. The highest BCUT2D eigenvalue weighted by atomic mass is 16.1. The molecule has 1 aromatic rings. The van der Waals surface area contributed by atoms with Crippen LogP contribution in [0.1, 0.15) is 51.0 Å². The second kappa shape index (κ2) is 8.46. The molecule has 0 bridgehead atoms. The van der Waals surface area contributed by atoms with Gasteiger partial charge < -0.3 is 5.32 Å². The molecule has 0 aliphatic carbocycles. The standard InChI is InChI=1S/C21H28N4O/c1-3-4-12-21(23-24-21)13-9-20(26)22-19-7-5-18(6-8-19)16-25-14-10-17(2)11-15-25/h1,5-8,17H,4,9-16H2,2H3,(H,22,26). The van der Waals surface area contributed by atoms with E-state index in [1.807, 2.05) is 12.1 Å². The number of terminal acetylenes is 1. The predicted octanol–water partition coefficient (Wildman–Crippen LogP) is 4.21. The highest BCUT2D eigenvalue weighted by Gasteiger charge is 2.39. The zero-order chi connectivity index (χ0) is 18.4. The van der Waals surface area contributed by atoms with Crippen LogP contribution in [0.25, 0.3) is 0 Å².